The second-order valence-corrected chi connectivity index (χ2v) is 2.48. The first-order chi connectivity index (χ1) is 6.76. The van der Waals surface area contributed by atoms with Crippen molar-refractivity contribution in [1.82, 2.24) is 0 Å². The van der Waals surface area contributed by atoms with E-state index in [2.05, 4.69) is 5.18 Å². The quantitative estimate of drug-likeness (QED) is 0.543. The van der Waals surface area contributed by atoms with Gasteiger partial charge in [-0.05, 0) is 11.2 Å². The lowest BCUT2D eigenvalue weighted by atomic mass is 10.2. The summed E-state index contributed by atoms with van der Waals surface area (Å²) in [5.74, 6) is 0.759. The van der Waals surface area contributed by atoms with Gasteiger partial charge in [0.15, 0.2) is 17.8 Å². The number of benzene rings is 1. The van der Waals surface area contributed by atoms with Crippen molar-refractivity contribution in [1.29, 1.82) is 0 Å². The van der Waals surface area contributed by atoms with Crippen molar-refractivity contribution in [3.05, 3.63) is 22.6 Å². The zero-order chi connectivity index (χ0) is 10.6. The summed E-state index contributed by atoms with van der Waals surface area (Å²) in [5, 5.41) is 2.71. The number of carbonyl (C=O) groups excluding carboxylic acids is 1. The molecular formula is C9H9NO4. The summed E-state index contributed by atoms with van der Waals surface area (Å²) < 4.78 is 9.89. The Morgan fingerprint density at radius 3 is 2.21 bits per heavy atom. The van der Waals surface area contributed by atoms with E-state index in [1.54, 1.807) is 0 Å². The smallest absolute Gasteiger partial charge is 0.163 e. The summed E-state index contributed by atoms with van der Waals surface area (Å²) in [6.45, 7) is 0. The Labute approximate surface area is 80.6 Å². The molecule has 0 radical (unpaired) electrons. The third-order valence-electron chi connectivity index (χ3n) is 1.76. The van der Waals surface area contributed by atoms with Gasteiger partial charge < -0.3 is 9.47 Å². The van der Waals surface area contributed by atoms with Gasteiger partial charge in [0.2, 0.25) is 0 Å². The standard InChI is InChI=1S/C9H9NO4/c1-13-8-3-6(5-11)7(10-12)4-9(8)14-2/h3-5H,1-2H3. The summed E-state index contributed by atoms with van der Waals surface area (Å²) in [6, 6.07) is 2.76. The molecule has 0 bridgehead atoms. The van der Waals surface area contributed by atoms with Gasteiger partial charge in [-0.15, -0.1) is 4.91 Å². The monoisotopic (exact) mass is 195 g/mol. The maximum Gasteiger partial charge on any atom is 0.163 e. The molecule has 0 saturated heterocycles. The number of aldehydes is 1. The van der Waals surface area contributed by atoms with Crippen molar-refractivity contribution < 1.29 is 14.3 Å². The molecule has 1 rings (SSSR count). The van der Waals surface area contributed by atoms with Gasteiger partial charge >= 0.3 is 0 Å². The van der Waals surface area contributed by atoms with Gasteiger partial charge in [-0.2, -0.15) is 0 Å². The topological polar surface area (TPSA) is 65.0 Å². The average Bonchev–Trinajstić information content (AvgIpc) is 2.26. The minimum atomic E-state index is 0.0395. The van der Waals surface area contributed by atoms with Crippen molar-refractivity contribution in [2.45, 2.75) is 0 Å². The lowest BCUT2D eigenvalue weighted by Gasteiger charge is -2.08. The first-order valence-corrected chi connectivity index (χ1v) is 3.81. The number of methoxy groups -OCH3 is 2. The molecule has 5 heteroatoms. The fourth-order valence-corrected chi connectivity index (χ4v) is 1.06. The number of nitrogens with zero attached hydrogens (tertiary/aromatic N) is 1. The van der Waals surface area contributed by atoms with Crippen LogP contribution in [0.15, 0.2) is 17.3 Å². The van der Waals surface area contributed by atoms with E-state index in [1.807, 2.05) is 0 Å². The lowest BCUT2D eigenvalue weighted by molar-refractivity contribution is 0.112. The second-order valence-electron chi connectivity index (χ2n) is 2.48. The zero-order valence-corrected chi connectivity index (χ0v) is 7.81. The van der Waals surface area contributed by atoms with E-state index in [9.17, 15) is 9.70 Å². The number of nitroso groups, excluding NO2 is 1. The van der Waals surface area contributed by atoms with E-state index < -0.39 is 0 Å². The van der Waals surface area contributed by atoms with E-state index in [-0.39, 0.29) is 11.3 Å². The van der Waals surface area contributed by atoms with Crippen LogP contribution in [0.5, 0.6) is 11.5 Å². The summed E-state index contributed by atoms with van der Waals surface area (Å²) in [7, 11) is 2.88. The number of ether oxygens (including phenoxy) is 2. The third-order valence-corrected chi connectivity index (χ3v) is 1.76. The van der Waals surface area contributed by atoms with Gasteiger partial charge in [0.1, 0.15) is 5.69 Å². The van der Waals surface area contributed by atoms with E-state index in [0.717, 1.165) is 0 Å². The van der Waals surface area contributed by atoms with Crippen LogP contribution in [0, 0.1) is 4.91 Å². The van der Waals surface area contributed by atoms with Crippen molar-refractivity contribution >= 4 is 12.0 Å². The maximum atomic E-state index is 10.6. The van der Waals surface area contributed by atoms with Gasteiger partial charge in [-0.1, -0.05) is 0 Å². The van der Waals surface area contributed by atoms with Gasteiger partial charge in [-0.3, -0.25) is 4.79 Å². The Morgan fingerprint density at radius 2 is 1.79 bits per heavy atom. The van der Waals surface area contributed by atoms with Crippen LogP contribution in [-0.2, 0) is 0 Å². The molecule has 0 amide bonds. The van der Waals surface area contributed by atoms with Gasteiger partial charge in [0.25, 0.3) is 0 Å². The predicted octanol–water partition coefficient (Wildman–Crippen LogP) is 1.91. The van der Waals surface area contributed by atoms with Crippen molar-refractivity contribution in [2.24, 2.45) is 5.18 Å². The summed E-state index contributed by atoms with van der Waals surface area (Å²) >= 11 is 0. The van der Waals surface area contributed by atoms with Crippen molar-refractivity contribution in [3.63, 3.8) is 0 Å². The van der Waals surface area contributed by atoms with Gasteiger partial charge in [0, 0.05) is 11.6 Å². The second kappa shape index (κ2) is 4.36. The number of rotatable bonds is 4. The highest BCUT2D eigenvalue weighted by Crippen LogP contribution is 2.33. The van der Waals surface area contributed by atoms with Crippen LogP contribution in [0.1, 0.15) is 10.4 Å². The highest BCUT2D eigenvalue weighted by molar-refractivity contribution is 5.84. The van der Waals surface area contributed by atoms with Crippen LogP contribution >= 0.6 is 0 Å². The SMILES string of the molecule is COc1cc(C=O)c(N=O)cc1OC. The third kappa shape index (κ3) is 1.71. The molecule has 0 aliphatic carbocycles. The first kappa shape index (κ1) is 10.2. The van der Waals surface area contributed by atoms with E-state index >= 15 is 0 Å². The molecule has 0 unspecified atom stereocenters. The molecule has 0 saturated carbocycles. The summed E-state index contributed by atoms with van der Waals surface area (Å²) in [5.41, 5.74) is 0.218. The molecule has 1 aromatic rings. The fraction of sp³-hybridized carbons (Fsp3) is 0.222. The minimum absolute atomic E-state index is 0.0395. The molecular weight excluding hydrogens is 186 g/mol. The average molecular weight is 195 g/mol. The fourth-order valence-electron chi connectivity index (χ4n) is 1.06. The van der Waals surface area contributed by atoms with Crippen molar-refractivity contribution in [3.8, 4) is 11.5 Å². The maximum absolute atomic E-state index is 10.6. The molecule has 0 N–H and O–H groups in total. The molecule has 0 atom stereocenters. The molecule has 0 aliphatic heterocycles. The number of hydrogen-bond acceptors (Lipinski definition) is 5. The summed E-state index contributed by atoms with van der Waals surface area (Å²) in [4.78, 5) is 20.9. The predicted molar refractivity (Wildman–Crippen MR) is 50.4 cm³/mol. The Bertz CT molecular complexity index is 327. The molecule has 0 aromatic heterocycles. The van der Waals surface area contributed by atoms with Gasteiger partial charge in [0.05, 0.1) is 14.2 Å². The van der Waals surface area contributed by atoms with E-state index in [1.165, 1.54) is 26.4 Å². The van der Waals surface area contributed by atoms with Crippen LogP contribution in [0.4, 0.5) is 5.69 Å². The Balaban J connectivity index is 3.34. The summed E-state index contributed by atoms with van der Waals surface area (Å²) in [6.07, 6.45) is 0.540. The minimum Gasteiger partial charge on any atom is -0.493 e. The highest BCUT2D eigenvalue weighted by atomic mass is 16.5. The first-order valence-electron chi connectivity index (χ1n) is 3.81. The normalized spacial score (nSPS) is 9.29. The van der Waals surface area contributed by atoms with Crippen LogP contribution in [0.2, 0.25) is 0 Å². The molecule has 5 nitrogen and oxygen atoms in total. The number of carbonyl (C=O) groups is 1. The zero-order valence-electron chi connectivity index (χ0n) is 7.81. The molecule has 0 aliphatic rings. The van der Waals surface area contributed by atoms with E-state index in [4.69, 9.17) is 9.47 Å². The van der Waals surface area contributed by atoms with Crippen LogP contribution in [-0.4, -0.2) is 20.5 Å². The molecule has 0 heterocycles. The molecule has 0 fully saturated rings. The van der Waals surface area contributed by atoms with Crippen LogP contribution in [0.25, 0.3) is 0 Å². The highest BCUT2D eigenvalue weighted by Gasteiger charge is 2.10. The Hall–Kier alpha value is -1.91. The molecule has 0 spiro atoms. The van der Waals surface area contributed by atoms with Crippen molar-refractivity contribution in [2.75, 3.05) is 14.2 Å². The molecule has 14 heavy (non-hydrogen) atoms. The lowest BCUT2D eigenvalue weighted by Crippen LogP contribution is -1.92. The molecule has 1 aromatic carbocycles. The Morgan fingerprint density at radius 1 is 1.21 bits per heavy atom. The Kier molecular flexibility index (Phi) is 3.17. The largest absolute Gasteiger partial charge is 0.493 e. The van der Waals surface area contributed by atoms with Crippen LogP contribution in [0.3, 0.4) is 0 Å². The van der Waals surface area contributed by atoms with Gasteiger partial charge in [-0.25, -0.2) is 0 Å². The van der Waals surface area contributed by atoms with E-state index in [0.29, 0.717) is 17.8 Å². The van der Waals surface area contributed by atoms with Crippen LogP contribution < -0.4 is 9.47 Å². The molecule has 74 valence electrons. The number of hydrogen-bond donors (Lipinski definition) is 0.